The highest BCUT2D eigenvalue weighted by Crippen LogP contribution is 2.29. The number of carbonyl (C=O) groups is 1. The molecule has 2 heterocycles. The maximum atomic E-state index is 11.3. The molecular weight excluding hydrogens is 390 g/mol. The highest BCUT2D eigenvalue weighted by molar-refractivity contribution is 7.99. The molecular formula is C21H33N3O4S. The summed E-state index contributed by atoms with van der Waals surface area (Å²) in [6.45, 7) is 5.48. The number of likely N-dealkylation sites (tertiary alicyclic amines) is 1. The van der Waals surface area contributed by atoms with Gasteiger partial charge in [-0.3, -0.25) is 14.6 Å². The van der Waals surface area contributed by atoms with Crippen LogP contribution in [-0.2, 0) is 11.3 Å². The Morgan fingerprint density at radius 2 is 1.93 bits per heavy atom. The van der Waals surface area contributed by atoms with Gasteiger partial charge in [0, 0.05) is 43.6 Å². The van der Waals surface area contributed by atoms with Gasteiger partial charge in [0.05, 0.1) is 7.11 Å². The maximum Gasteiger partial charge on any atom is 0.220 e. The van der Waals surface area contributed by atoms with Crippen LogP contribution in [0.15, 0.2) is 18.2 Å². The molecule has 2 fully saturated rings. The molecule has 0 aromatic heterocycles. The highest BCUT2D eigenvalue weighted by atomic mass is 32.2. The number of nitrogens with zero attached hydrogens (tertiary/aromatic N) is 2. The largest absolute Gasteiger partial charge is 0.493 e. The molecule has 29 heavy (non-hydrogen) atoms. The lowest BCUT2D eigenvalue weighted by atomic mass is 9.96. The molecule has 0 spiro atoms. The van der Waals surface area contributed by atoms with Gasteiger partial charge in [0.25, 0.3) is 0 Å². The number of nitrogens with two attached hydrogens (primary N) is 1. The Kier molecular flexibility index (Phi) is 8.47. The van der Waals surface area contributed by atoms with Gasteiger partial charge < -0.3 is 20.3 Å². The number of amides is 1. The second-order valence-electron chi connectivity index (χ2n) is 7.82. The fourth-order valence-corrected chi connectivity index (χ4v) is 4.86. The standard InChI is InChI=1S/C21H33N3O4S/c1-27-20-12-16(13-23-6-4-17(5-7-23)21(22)26)2-3-19(20)28-15-18(25)14-24-8-10-29-11-9-24/h2-3,12,17-18,25H,4-11,13-15H2,1H3,(H2,22,26)/t18-/m1/s1. The number of β-amino-alcohol motifs (C(OH)–C–C–N with tert-alkyl or cyclic N) is 1. The summed E-state index contributed by atoms with van der Waals surface area (Å²) >= 11 is 1.96. The Hall–Kier alpha value is -1.48. The molecule has 2 aliphatic heterocycles. The molecule has 0 radical (unpaired) electrons. The van der Waals surface area contributed by atoms with Crippen LogP contribution in [0, 0.1) is 5.92 Å². The second-order valence-corrected chi connectivity index (χ2v) is 9.04. The molecule has 1 aromatic rings. The number of rotatable bonds is 9. The number of hydrogen-bond donors (Lipinski definition) is 2. The Labute approximate surface area is 177 Å². The first-order chi connectivity index (χ1) is 14.0. The van der Waals surface area contributed by atoms with E-state index in [-0.39, 0.29) is 18.4 Å². The van der Waals surface area contributed by atoms with Crippen molar-refractivity contribution in [2.24, 2.45) is 11.7 Å². The van der Waals surface area contributed by atoms with Crippen molar-refractivity contribution in [1.82, 2.24) is 9.80 Å². The van der Waals surface area contributed by atoms with Crippen molar-refractivity contribution < 1.29 is 19.4 Å². The van der Waals surface area contributed by atoms with Gasteiger partial charge in [-0.1, -0.05) is 6.07 Å². The Morgan fingerprint density at radius 3 is 2.59 bits per heavy atom. The molecule has 0 unspecified atom stereocenters. The molecule has 1 aromatic carbocycles. The van der Waals surface area contributed by atoms with Crippen LogP contribution >= 0.6 is 11.8 Å². The smallest absolute Gasteiger partial charge is 0.220 e. The summed E-state index contributed by atoms with van der Waals surface area (Å²) in [5.41, 5.74) is 6.55. The van der Waals surface area contributed by atoms with E-state index in [0.29, 0.717) is 18.0 Å². The van der Waals surface area contributed by atoms with Gasteiger partial charge in [-0.05, 0) is 43.6 Å². The molecule has 162 valence electrons. The minimum atomic E-state index is -0.519. The van der Waals surface area contributed by atoms with Crippen molar-refractivity contribution >= 4 is 17.7 Å². The number of carbonyl (C=O) groups excluding carboxylic acids is 1. The highest BCUT2D eigenvalue weighted by Gasteiger charge is 2.23. The van der Waals surface area contributed by atoms with E-state index in [1.54, 1.807) is 7.11 Å². The molecule has 0 aliphatic carbocycles. The predicted molar refractivity (Wildman–Crippen MR) is 115 cm³/mol. The Morgan fingerprint density at radius 1 is 1.21 bits per heavy atom. The van der Waals surface area contributed by atoms with E-state index < -0.39 is 6.10 Å². The van der Waals surface area contributed by atoms with E-state index >= 15 is 0 Å². The van der Waals surface area contributed by atoms with Crippen LogP contribution in [0.1, 0.15) is 18.4 Å². The van der Waals surface area contributed by atoms with Gasteiger partial charge in [0.2, 0.25) is 5.91 Å². The third kappa shape index (κ3) is 6.77. The normalized spacial score (nSPS) is 20.3. The fraction of sp³-hybridized carbons (Fsp3) is 0.667. The summed E-state index contributed by atoms with van der Waals surface area (Å²) < 4.78 is 11.4. The lowest BCUT2D eigenvalue weighted by molar-refractivity contribution is -0.123. The third-order valence-corrected chi connectivity index (χ3v) is 6.57. The van der Waals surface area contributed by atoms with Crippen LogP contribution < -0.4 is 15.2 Å². The van der Waals surface area contributed by atoms with Crippen LogP contribution in [0.25, 0.3) is 0 Å². The Bertz CT molecular complexity index is 661. The molecule has 0 bridgehead atoms. The average Bonchev–Trinajstić information content (AvgIpc) is 2.74. The van der Waals surface area contributed by atoms with Crippen LogP contribution in [0.4, 0.5) is 0 Å². The molecule has 8 heteroatoms. The van der Waals surface area contributed by atoms with Crippen LogP contribution in [0.3, 0.4) is 0 Å². The van der Waals surface area contributed by atoms with Crippen LogP contribution in [0.2, 0.25) is 0 Å². The second kappa shape index (κ2) is 11.1. The monoisotopic (exact) mass is 423 g/mol. The lowest BCUT2D eigenvalue weighted by Gasteiger charge is -2.30. The zero-order chi connectivity index (χ0) is 20.6. The maximum absolute atomic E-state index is 11.3. The lowest BCUT2D eigenvalue weighted by Crippen LogP contribution is -2.40. The summed E-state index contributed by atoms with van der Waals surface area (Å²) in [5, 5.41) is 10.3. The number of aliphatic hydroxyl groups excluding tert-OH is 1. The quantitative estimate of drug-likeness (QED) is 0.617. The number of ether oxygens (including phenoxy) is 2. The van der Waals surface area contributed by atoms with Crippen molar-refractivity contribution in [2.45, 2.75) is 25.5 Å². The van der Waals surface area contributed by atoms with Gasteiger partial charge in [-0.15, -0.1) is 0 Å². The minimum absolute atomic E-state index is 0.00619. The Balaban J connectivity index is 1.48. The summed E-state index contributed by atoms with van der Waals surface area (Å²) in [6, 6.07) is 5.94. The van der Waals surface area contributed by atoms with Crippen molar-refractivity contribution in [1.29, 1.82) is 0 Å². The summed E-state index contributed by atoms with van der Waals surface area (Å²) in [5.74, 6) is 3.40. The van der Waals surface area contributed by atoms with Crippen molar-refractivity contribution in [3.05, 3.63) is 23.8 Å². The molecule has 7 nitrogen and oxygen atoms in total. The first kappa shape index (κ1) is 22.2. The molecule has 2 aliphatic rings. The van der Waals surface area contributed by atoms with E-state index in [0.717, 1.165) is 62.6 Å². The SMILES string of the molecule is COc1cc(CN2CCC(C(N)=O)CC2)ccc1OC[C@H](O)CN1CCSCC1. The number of methoxy groups -OCH3 is 1. The fourth-order valence-electron chi connectivity index (χ4n) is 3.88. The van der Waals surface area contributed by atoms with Gasteiger partial charge >= 0.3 is 0 Å². The topological polar surface area (TPSA) is 88.3 Å². The molecule has 2 saturated heterocycles. The number of benzene rings is 1. The van der Waals surface area contributed by atoms with E-state index in [4.69, 9.17) is 15.2 Å². The van der Waals surface area contributed by atoms with Gasteiger partial charge in [-0.2, -0.15) is 11.8 Å². The van der Waals surface area contributed by atoms with Crippen molar-refractivity contribution in [3.8, 4) is 11.5 Å². The number of primary amides is 1. The number of hydrogen-bond acceptors (Lipinski definition) is 7. The van der Waals surface area contributed by atoms with Crippen molar-refractivity contribution in [2.75, 3.05) is 57.9 Å². The zero-order valence-corrected chi connectivity index (χ0v) is 18.0. The van der Waals surface area contributed by atoms with Gasteiger partial charge in [-0.25, -0.2) is 0 Å². The molecule has 1 amide bonds. The average molecular weight is 424 g/mol. The summed E-state index contributed by atoms with van der Waals surface area (Å²) in [6.07, 6.45) is 1.12. The molecule has 3 rings (SSSR count). The first-order valence-corrected chi connectivity index (χ1v) is 11.5. The van der Waals surface area contributed by atoms with Crippen molar-refractivity contribution in [3.63, 3.8) is 0 Å². The first-order valence-electron chi connectivity index (χ1n) is 10.3. The number of piperidine rings is 1. The van der Waals surface area contributed by atoms with Gasteiger partial charge in [0.15, 0.2) is 11.5 Å². The molecule has 3 N–H and O–H groups in total. The number of thioether (sulfide) groups is 1. The minimum Gasteiger partial charge on any atom is -0.493 e. The van der Waals surface area contributed by atoms with Gasteiger partial charge in [0.1, 0.15) is 12.7 Å². The van der Waals surface area contributed by atoms with Crippen LogP contribution in [-0.4, -0.2) is 84.9 Å². The predicted octanol–water partition coefficient (Wildman–Crippen LogP) is 1.18. The zero-order valence-electron chi connectivity index (χ0n) is 17.2. The van der Waals surface area contributed by atoms with E-state index in [1.807, 2.05) is 30.0 Å². The summed E-state index contributed by atoms with van der Waals surface area (Å²) in [4.78, 5) is 15.9. The molecule has 1 atom stereocenters. The van der Waals surface area contributed by atoms with E-state index in [9.17, 15) is 9.90 Å². The molecule has 0 saturated carbocycles. The third-order valence-electron chi connectivity index (χ3n) is 5.63. The van der Waals surface area contributed by atoms with E-state index in [2.05, 4.69) is 9.80 Å². The van der Waals surface area contributed by atoms with E-state index in [1.165, 1.54) is 0 Å². The van der Waals surface area contributed by atoms with Crippen LogP contribution in [0.5, 0.6) is 11.5 Å². The summed E-state index contributed by atoms with van der Waals surface area (Å²) in [7, 11) is 1.63. The number of aliphatic hydroxyl groups is 1.